The van der Waals surface area contributed by atoms with Crippen LogP contribution in [0.2, 0.25) is 0 Å². The first-order chi connectivity index (χ1) is 8.58. The molecule has 2 rings (SSSR count). The average molecular weight is 313 g/mol. The standard InChI is InChI=1S/C16H22N2.2ClH/c1-13(2)17-9-5-15(6-10-17)16-7-11-18(12-8-16)14(3)4;;/h5-14H,1-4H3;2*1H/q+2;;/p-2. The molecule has 110 valence electrons. The Bertz CT molecular complexity index is 456. The lowest BCUT2D eigenvalue weighted by Gasteiger charge is -2.04. The maximum absolute atomic E-state index is 2.21. The van der Waals surface area contributed by atoms with E-state index in [0.29, 0.717) is 12.1 Å². The van der Waals surface area contributed by atoms with Crippen molar-refractivity contribution in [1.29, 1.82) is 0 Å². The van der Waals surface area contributed by atoms with Gasteiger partial charge in [0, 0.05) is 24.3 Å². The Morgan fingerprint density at radius 2 is 0.850 bits per heavy atom. The molecule has 0 aliphatic rings. The second-order valence-corrected chi connectivity index (χ2v) is 5.26. The number of halogens is 2. The van der Waals surface area contributed by atoms with Gasteiger partial charge in [-0.15, -0.1) is 0 Å². The van der Waals surface area contributed by atoms with Crippen molar-refractivity contribution in [1.82, 2.24) is 0 Å². The van der Waals surface area contributed by atoms with Gasteiger partial charge < -0.3 is 24.8 Å². The lowest BCUT2D eigenvalue weighted by atomic mass is 10.1. The van der Waals surface area contributed by atoms with Crippen LogP contribution in [0, 0.1) is 0 Å². The molecular formula is C16H22Cl2N2. The van der Waals surface area contributed by atoms with Gasteiger partial charge in [-0.05, 0) is 38.8 Å². The predicted octanol–water partition coefficient (Wildman–Crippen LogP) is -2.90. The molecule has 2 aromatic rings. The highest BCUT2D eigenvalue weighted by molar-refractivity contribution is 5.60. The fourth-order valence-corrected chi connectivity index (χ4v) is 1.95. The van der Waals surface area contributed by atoms with Crippen molar-refractivity contribution in [3.8, 4) is 11.1 Å². The second kappa shape index (κ2) is 8.23. The number of pyridine rings is 2. The molecule has 0 N–H and O–H groups in total. The fraction of sp³-hybridized carbons (Fsp3) is 0.375. The summed E-state index contributed by atoms with van der Waals surface area (Å²) >= 11 is 0. The van der Waals surface area contributed by atoms with Crippen LogP contribution in [0.1, 0.15) is 39.8 Å². The molecule has 0 atom stereocenters. The van der Waals surface area contributed by atoms with Crippen LogP contribution >= 0.6 is 0 Å². The van der Waals surface area contributed by atoms with Crippen molar-refractivity contribution in [2.75, 3.05) is 0 Å². The zero-order chi connectivity index (χ0) is 13.1. The third-order valence-corrected chi connectivity index (χ3v) is 3.23. The summed E-state index contributed by atoms with van der Waals surface area (Å²) in [6, 6.07) is 9.73. The Morgan fingerprint density at radius 3 is 1.05 bits per heavy atom. The topological polar surface area (TPSA) is 7.76 Å². The molecule has 2 aromatic heterocycles. The molecular weight excluding hydrogens is 291 g/mol. The fourth-order valence-electron chi connectivity index (χ4n) is 1.95. The van der Waals surface area contributed by atoms with Crippen LogP contribution < -0.4 is 33.9 Å². The number of hydrogen-bond acceptors (Lipinski definition) is 0. The maximum Gasteiger partial charge on any atom is 0.169 e. The molecule has 0 aromatic carbocycles. The lowest BCUT2D eigenvalue weighted by molar-refractivity contribution is -0.716. The second-order valence-electron chi connectivity index (χ2n) is 5.26. The van der Waals surface area contributed by atoms with E-state index < -0.39 is 0 Å². The van der Waals surface area contributed by atoms with Crippen molar-refractivity contribution in [2.45, 2.75) is 39.8 Å². The van der Waals surface area contributed by atoms with E-state index in [2.05, 4.69) is 85.9 Å². The van der Waals surface area contributed by atoms with Gasteiger partial charge >= 0.3 is 0 Å². The minimum Gasteiger partial charge on any atom is -1.00 e. The van der Waals surface area contributed by atoms with E-state index in [9.17, 15) is 0 Å². The smallest absolute Gasteiger partial charge is 0.169 e. The third kappa shape index (κ3) is 4.46. The highest BCUT2D eigenvalue weighted by Crippen LogP contribution is 2.16. The third-order valence-electron chi connectivity index (χ3n) is 3.23. The highest BCUT2D eigenvalue weighted by atomic mass is 35.5. The molecule has 0 aliphatic heterocycles. The molecule has 0 saturated carbocycles. The Kier molecular flexibility index (Phi) is 7.77. The summed E-state index contributed by atoms with van der Waals surface area (Å²) in [6.45, 7) is 8.75. The van der Waals surface area contributed by atoms with Gasteiger partial charge in [-0.1, -0.05) is 0 Å². The average Bonchev–Trinajstić information content (AvgIpc) is 2.39. The van der Waals surface area contributed by atoms with Crippen molar-refractivity contribution < 1.29 is 33.9 Å². The van der Waals surface area contributed by atoms with E-state index in [-0.39, 0.29) is 24.8 Å². The van der Waals surface area contributed by atoms with Crippen LogP contribution in [0.3, 0.4) is 0 Å². The molecule has 4 heteroatoms. The molecule has 20 heavy (non-hydrogen) atoms. The van der Waals surface area contributed by atoms with Gasteiger partial charge in [0.15, 0.2) is 36.9 Å². The molecule has 2 nitrogen and oxygen atoms in total. The first-order valence-corrected chi connectivity index (χ1v) is 6.60. The van der Waals surface area contributed by atoms with E-state index in [0.717, 1.165) is 0 Å². The molecule has 0 spiro atoms. The zero-order valence-corrected chi connectivity index (χ0v) is 13.9. The molecule has 0 amide bonds. The van der Waals surface area contributed by atoms with Crippen LogP contribution in [-0.4, -0.2) is 0 Å². The number of nitrogens with zero attached hydrogens (tertiary/aromatic N) is 2. The SMILES string of the molecule is CC(C)[n+]1ccc(-c2cc[n+](C(C)C)cc2)cc1.[Cl-].[Cl-]. The summed E-state index contributed by atoms with van der Waals surface area (Å²) in [6.07, 6.45) is 8.57. The van der Waals surface area contributed by atoms with Crippen LogP contribution in [0.25, 0.3) is 11.1 Å². The zero-order valence-electron chi connectivity index (χ0n) is 12.4. The van der Waals surface area contributed by atoms with E-state index in [1.807, 2.05) is 0 Å². The van der Waals surface area contributed by atoms with Crippen molar-refractivity contribution in [3.63, 3.8) is 0 Å². The van der Waals surface area contributed by atoms with E-state index in [1.165, 1.54) is 11.1 Å². The van der Waals surface area contributed by atoms with Crippen LogP contribution in [0.15, 0.2) is 49.1 Å². The van der Waals surface area contributed by atoms with Gasteiger partial charge in [0.25, 0.3) is 0 Å². The van der Waals surface area contributed by atoms with Gasteiger partial charge in [-0.2, -0.15) is 0 Å². The van der Waals surface area contributed by atoms with Crippen LogP contribution in [-0.2, 0) is 0 Å². The molecule has 0 unspecified atom stereocenters. The first kappa shape index (κ1) is 18.9. The van der Waals surface area contributed by atoms with Crippen LogP contribution in [0.4, 0.5) is 0 Å². The first-order valence-electron chi connectivity index (χ1n) is 6.60. The minimum absolute atomic E-state index is 0. The van der Waals surface area contributed by atoms with Gasteiger partial charge in [0.2, 0.25) is 0 Å². The number of rotatable bonds is 3. The van der Waals surface area contributed by atoms with Crippen LogP contribution in [0.5, 0.6) is 0 Å². The molecule has 0 radical (unpaired) electrons. The molecule has 0 bridgehead atoms. The Hall–Kier alpha value is -1.12. The normalized spacial score (nSPS) is 10.1. The Morgan fingerprint density at radius 1 is 0.600 bits per heavy atom. The van der Waals surface area contributed by atoms with Crippen molar-refractivity contribution >= 4 is 0 Å². The molecule has 0 fully saturated rings. The minimum atomic E-state index is 0. The lowest BCUT2D eigenvalue weighted by Crippen LogP contribution is -3.00. The van der Waals surface area contributed by atoms with Gasteiger partial charge in [0.05, 0.1) is 0 Å². The van der Waals surface area contributed by atoms with Crippen molar-refractivity contribution in [2.24, 2.45) is 0 Å². The number of aromatic nitrogens is 2. The predicted molar refractivity (Wildman–Crippen MR) is 73.0 cm³/mol. The van der Waals surface area contributed by atoms with E-state index in [4.69, 9.17) is 0 Å². The summed E-state index contributed by atoms with van der Waals surface area (Å²) in [5.74, 6) is 0. The summed E-state index contributed by atoms with van der Waals surface area (Å²) in [5, 5.41) is 0. The molecule has 0 saturated heterocycles. The quantitative estimate of drug-likeness (QED) is 0.537. The van der Waals surface area contributed by atoms with Gasteiger partial charge in [-0.25, -0.2) is 9.13 Å². The summed E-state index contributed by atoms with van der Waals surface area (Å²) < 4.78 is 4.42. The van der Waals surface area contributed by atoms with Gasteiger partial charge in [-0.3, -0.25) is 0 Å². The van der Waals surface area contributed by atoms with Crippen molar-refractivity contribution in [3.05, 3.63) is 49.1 Å². The number of hydrogen-bond donors (Lipinski definition) is 0. The van der Waals surface area contributed by atoms with E-state index >= 15 is 0 Å². The summed E-state index contributed by atoms with van der Waals surface area (Å²) in [7, 11) is 0. The highest BCUT2D eigenvalue weighted by Gasteiger charge is 2.08. The summed E-state index contributed by atoms with van der Waals surface area (Å²) in [4.78, 5) is 0. The Balaban J connectivity index is 0.00000180. The summed E-state index contributed by atoms with van der Waals surface area (Å²) in [5.41, 5.74) is 2.53. The van der Waals surface area contributed by atoms with E-state index in [1.54, 1.807) is 0 Å². The largest absolute Gasteiger partial charge is 1.00 e. The molecule has 2 heterocycles. The molecule has 0 aliphatic carbocycles. The van der Waals surface area contributed by atoms with Gasteiger partial charge in [0.1, 0.15) is 0 Å². The maximum atomic E-state index is 2.21. The Labute approximate surface area is 134 Å². The monoisotopic (exact) mass is 312 g/mol.